The van der Waals surface area contributed by atoms with Gasteiger partial charge in [0.15, 0.2) is 0 Å². The number of rotatable bonds is 9. The summed E-state index contributed by atoms with van der Waals surface area (Å²) >= 11 is 0. The summed E-state index contributed by atoms with van der Waals surface area (Å²) in [5.41, 5.74) is 0.788. The monoisotopic (exact) mass is 430 g/mol. The van der Waals surface area contributed by atoms with Crippen LogP contribution in [-0.2, 0) is 10.0 Å². The maximum absolute atomic E-state index is 12.5. The van der Waals surface area contributed by atoms with Crippen molar-refractivity contribution in [1.82, 2.24) is 10.0 Å². The van der Waals surface area contributed by atoms with Crippen molar-refractivity contribution in [3.63, 3.8) is 0 Å². The van der Waals surface area contributed by atoms with Crippen molar-refractivity contribution in [2.24, 2.45) is 0 Å². The molecular formula is C19H21F3N2O4S. The lowest BCUT2D eigenvalue weighted by atomic mass is 9.96. The van der Waals surface area contributed by atoms with E-state index in [-0.39, 0.29) is 29.5 Å². The fourth-order valence-corrected chi connectivity index (χ4v) is 3.71. The molecule has 29 heavy (non-hydrogen) atoms. The number of amides is 1. The van der Waals surface area contributed by atoms with E-state index >= 15 is 0 Å². The van der Waals surface area contributed by atoms with E-state index in [4.69, 9.17) is 0 Å². The minimum absolute atomic E-state index is 0.0563. The van der Waals surface area contributed by atoms with Crippen LogP contribution in [0.4, 0.5) is 13.2 Å². The highest BCUT2D eigenvalue weighted by molar-refractivity contribution is 7.89. The molecule has 0 spiro atoms. The molecule has 0 heterocycles. The van der Waals surface area contributed by atoms with E-state index in [0.717, 1.165) is 29.8 Å². The highest BCUT2D eigenvalue weighted by Crippen LogP contribution is 2.20. The number of aliphatic hydroxyl groups is 1. The second-order valence-corrected chi connectivity index (χ2v) is 8.06. The van der Waals surface area contributed by atoms with Crippen molar-refractivity contribution in [3.8, 4) is 0 Å². The number of carbonyl (C=O) groups is 1. The summed E-state index contributed by atoms with van der Waals surface area (Å²) in [6.45, 7) is -1.52. The van der Waals surface area contributed by atoms with Crippen molar-refractivity contribution < 1.29 is 31.5 Å². The number of nitrogens with one attached hydrogen (secondary N) is 2. The largest absolute Gasteiger partial charge is 0.405 e. The fraction of sp³-hybridized carbons (Fsp3) is 0.316. The number of hydrogen-bond acceptors (Lipinski definition) is 4. The predicted octanol–water partition coefficient (Wildman–Crippen LogP) is 2.42. The summed E-state index contributed by atoms with van der Waals surface area (Å²) in [4.78, 5) is 11.6. The van der Waals surface area contributed by atoms with Crippen LogP contribution in [0.1, 0.15) is 28.3 Å². The Balaban J connectivity index is 2.04. The zero-order valence-electron chi connectivity index (χ0n) is 15.3. The molecule has 0 aromatic heterocycles. The van der Waals surface area contributed by atoms with Gasteiger partial charge in [0, 0.05) is 18.7 Å². The summed E-state index contributed by atoms with van der Waals surface area (Å²) in [5.74, 6) is -1.19. The highest BCUT2D eigenvalue weighted by atomic mass is 32.2. The van der Waals surface area contributed by atoms with Gasteiger partial charge in [-0.25, -0.2) is 13.1 Å². The lowest BCUT2D eigenvalue weighted by Crippen LogP contribution is -2.33. The maximum Gasteiger partial charge on any atom is 0.405 e. The van der Waals surface area contributed by atoms with E-state index in [2.05, 4.69) is 4.72 Å². The molecule has 3 N–H and O–H groups in total. The van der Waals surface area contributed by atoms with Crippen LogP contribution in [0, 0.1) is 0 Å². The van der Waals surface area contributed by atoms with Gasteiger partial charge in [-0.05, 0) is 42.2 Å². The molecule has 0 aliphatic rings. The summed E-state index contributed by atoms with van der Waals surface area (Å²) < 4.78 is 63.9. The number of aliphatic hydroxyl groups excluding tert-OH is 1. The Morgan fingerprint density at radius 1 is 1.03 bits per heavy atom. The predicted molar refractivity (Wildman–Crippen MR) is 101 cm³/mol. The number of benzene rings is 2. The number of alkyl halides is 3. The molecule has 2 rings (SSSR count). The van der Waals surface area contributed by atoms with Gasteiger partial charge in [-0.2, -0.15) is 13.2 Å². The Kier molecular flexibility index (Phi) is 7.77. The quantitative estimate of drug-likeness (QED) is 0.569. The lowest BCUT2D eigenvalue weighted by molar-refractivity contribution is -0.123. The number of carbonyl (C=O) groups excluding carboxylic acids is 1. The van der Waals surface area contributed by atoms with E-state index in [1.165, 1.54) is 0 Å². The van der Waals surface area contributed by atoms with E-state index in [0.29, 0.717) is 6.42 Å². The van der Waals surface area contributed by atoms with Gasteiger partial charge >= 0.3 is 6.18 Å². The summed E-state index contributed by atoms with van der Waals surface area (Å²) in [5, 5.41) is 11.0. The van der Waals surface area contributed by atoms with Gasteiger partial charge < -0.3 is 10.4 Å². The van der Waals surface area contributed by atoms with E-state index in [1.807, 2.05) is 30.3 Å². The normalized spacial score (nSPS) is 13.1. The molecule has 0 saturated heterocycles. The van der Waals surface area contributed by atoms with Gasteiger partial charge in [-0.1, -0.05) is 30.3 Å². The zero-order chi connectivity index (χ0) is 21.5. The van der Waals surface area contributed by atoms with Gasteiger partial charge in [0.2, 0.25) is 10.0 Å². The van der Waals surface area contributed by atoms with Crippen LogP contribution in [0.5, 0.6) is 0 Å². The minimum atomic E-state index is -4.53. The Labute approximate surface area is 166 Å². The third-order valence-corrected chi connectivity index (χ3v) is 5.58. The first-order valence-electron chi connectivity index (χ1n) is 8.73. The summed E-state index contributed by atoms with van der Waals surface area (Å²) in [6, 6.07) is 13.7. The molecule has 0 bridgehead atoms. The van der Waals surface area contributed by atoms with Crippen molar-refractivity contribution in [3.05, 3.63) is 65.7 Å². The third-order valence-electron chi connectivity index (χ3n) is 4.14. The summed E-state index contributed by atoms with van der Waals surface area (Å²) in [6.07, 6.45) is -4.17. The van der Waals surface area contributed by atoms with Crippen LogP contribution in [0.15, 0.2) is 59.5 Å². The van der Waals surface area contributed by atoms with E-state index in [9.17, 15) is 31.5 Å². The Morgan fingerprint density at radius 3 is 2.21 bits per heavy atom. The number of hydrogen-bond donors (Lipinski definition) is 3. The SMILES string of the molecule is O=C(NCC(F)(F)F)c1ccc(S(=O)(=O)NC[C@@H](CCO)c2ccccc2)cc1. The van der Waals surface area contributed by atoms with E-state index in [1.54, 1.807) is 5.32 Å². The first-order chi connectivity index (χ1) is 13.6. The standard InChI is InChI=1S/C19H21F3N2O4S/c20-19(21,22)13-23-18(26)15-6-8-17(9-7-15)29(27,28)24-12-16(10-11-25)14-4-2-1-3-5-14/h1-9,16,24-25H,10-13H2,(H,23,26)/t16-/m1/s1. The molecule has 2 aromatic rings. The molecule has 0 saturated carbocycles. The average molecular weight is 430 g/mol. The molecule has 158 valence electrons. The lowest BCUT2D eigenvalue weighted by Gasteiger charge is -2.17. The maximum atomic E-state index is 12.5. The van der Waals surface area contributed by atoms with E-state index < -0.39 is 28.7 Å². The molecule has 0 fully saturated rings. The minimum Gasteiger partial charge on any atom is -0.396 e. The van der Waals surface area contributed by atoms with Crippen LogP contribution >= 0.6 is 0 Å². The van der Waals surface area contributed by atoms with Crippen molar-refractivity contribution >= 4 is 15.9 Å². The average Bonchev–Trinajstić information content (AvgIpc) is 2.69. The molecule has 0 radical (unpaired) electrons. The first kappa shape index (κ1) is 22.9. The molecule has 10 heteroatoms. The van der Waals surface area contributed by atoms with Crippen molar-refractivity contribution in [1.29, 1.82) is 0 Å². The number of halogens is 3. The molecule has 1 atom stereocenters. The molecule has 0 aliphatic carbocycles. The molecule has 0 aliphatic heterocycles. The Hall–Kier alpha value is -2.43. The van der Waals surface area contributed by atoms with Crippen LogP contribution in [-0.4, -0.2) is 45.3 Å². The fourth-order valence-electron chi connectivity index (χ4n) is 2.63. The molecule has 6 nitrogen and oxygen atoms in total. The third kappa shape index (κ3) is 7.15. The van der Waals surface area contributed by atoms with Gasteiger partial charge in [-0.3, -0.25) is 4.79 Å². The molecule has 0 unspecified atom stereocenters. The molecular weight excluding hydrogens is 409 g/mol. The molecule has 2 aromatic carbocycles. The Morgan fingerprint density at radius 2 is 1.66 bits per heavy atom. The topological polar surface area (TPSA) is 95.5 Å². The van der Waals surface area contributed by atoms with Gasteiger partial charge in [0.1, 0.15) is 6.54 Å². The van der Waals surface area contributed by atoms with Crippen LogP contribution in [0.3, 0.4) is 0 Å². The molecule has 1 amide bonds. The van der Waals surface area contributed by atoms with Crippen molar-refractivity contribution in [2.45, 2.75) is 23.4 Å². The van der Waals surface area contributed by atoms with Crippen LogP contribution in [0.2, 0.25) is 0 Å². The first-order valence-corrected chi connectivity index (χ1v) is 10.2. The van der Waals surface area contributed by atoms with Gasteiger partial charge in [0.25, 0.3) is 5.91 Å². The highest BCUT2D eigenvalue weighted by Gasteiger charge is 2.28. The van der Waals surface area contributed by atoms with Crippen LogP contribution < -0.4 is 10.0 Å². The zero-order valence-corrected chi connectivity index (χ0v) is 16.1. The van der Waals surface area contributed by atoms with Gasteiger partial charge in [-0.15, -0.1) is 0 Å². The van der Waals surface area contributed by atoms with Crippen molar-refractivity contribution in [2.75, 3.05) is 19.7 Å². The second-order valence-electron chi connectivity index (χ2n) is 6.29. The smallest absolute Gasteiger partial charge is 0.396 e. The second kappa shape index (κ2) is 9.86. The van der Waals surface area contributed by atoms with Gasteiger partial charge in [0.05, 0.1) is 4.90 Å². The Bertz CT molecular complexity index is 901. The summed E-state index contributed by atoms with van der Waals surface area (Å²) in [7, 11) is -3.90. The van der Waals surface area contributed by atoms with Crippen LogP contribution in [0.25, 0.3) is 0 Å². The number of sulfonamides is 1.